The summed E-state index contributed by atoms with van der Waals surface area (Å²) in [6, 6.07) is 7.13. The minimum Gasteiger partial charge on any atom is -0.495 e. The van der Waals surface area contributed by atoms with Crippen LogP contribution in [0.1, 0.15) is 39.0 Å². The third-order valence-corrected chi connectivity index (χ3v) is 3.65. The number of carbonyl (C=O) groups excluding carboxylic acids is 2. The molecule has 0 aliphatic heterocycles. The normalized spacial score (nSPS) is 10.3. The molecule has 6 heteroatoms. The molecule has 1 heterocycles. The van der Waals surface area contributed by atoms with Crippen molar-refractivity contribution in [1.82, 2.24) is 4.98 Å². The molecule has 0 fully saturated rings. The summed E-state index contributed by atoms with van der Waals surface area (Å²) in [5, 5.41) is 2.79. The van der Waals surface area contributed by atoms with Crippen LogP contribution in [-0.2, 0) is 11.2 Å². The van der Waals surface area contributed by atoms with Crippen LogP contribution in [0.15, 0.2) is 24.3 Å². The van der Waals surface area contributed by atoms with Crippen molar-refractivity contribution in [3.05, 3.63) is 46.8 Å². The van der Waals surface area contributed by atoms with Gasteiger partial charge in [-0.25, -0.2) is 4.79 Å². The fraction of sp³-hybridized carbons (Fsp3) is 0.294. The van der Waals surface area contributed by atoms with Crippen LogP contribution in [-0.4, -0.2) is 31.1 Å². The lowest BCUT2D eigenvalue weighted by molar-refractivity contribution is 0.0599. The highest BCUT2D eigenvalue weighted by Gasteiger charge is 2.24. The lowest BCUT2D eigenvalue weighted by Crippen LogP contribution is -2.14. The van der Waals surface area contributed by atoms with Crippen molar-refractivity contribution in [2.45, 2.75) is 20.3 Å². The Labute approximate surface area is 134 Å². The fourth-order valence-corrected chi connectivity index (χ4v) is 2.46. The van der Waals surface area contributed by atoms with Gasteiger partial charge in [0.05, 0.1) is 25.5 Å². The zero-order valence-corrected chi connectivity index (χ0v) is 13.6. The number of methoxy groups -OCH3 is 2. The zero-order valence-electron chi connectivity index (χ0n) is 13.6. The number of H-pyrrole nitrogens is 1. The van der Waals surface area contributed by atoms with Crippen LogP contribution in [0.4, 0.5) is 5.69 Å². The Balaban J connectivity index is 2.37. The lowest BCUT2D eigenvalue weighted by Gasteiger charge is -2.09. The van der Waals surface area contributed by atoms with Crippen molar-refractivity contribution in [2.24, 2.45) is 0 Å². The molecule has 0 saturated carbocycles. The number of rotatable bonds is 5. The molecule has 2 rings (SSSR count). The van der Waals surface area contributed by atoms with E-state index in [2.05, 4.69) is 10.3 Å². The Hall–Kier alpha value is -2.76. The number of ether oxygens (including phenoxy) is 2. The zero-order chi connectivity index (χ0) is 17.0. The number of aromatic amines is 1. The number of hydrogen-bond acceptors (Lipinski definition) is 4. The molecule has 0 bridgehead atoms. The van der Waals surface area contributed by atoms with Gasteiger partial charge in [0.25, 0.3) is 5.91 Å². The highest BCUT2D eigenvalue weighted by atomic mass is 16.5. The Kier molecular flexibility index (Phi) is 5.05. The van der Waals surface area contributed by atoms with Gasteiger partial charge in [-0.15, -0.1) is 0 Å². The van der Waals surface area contributed by atoms with Gasteiger partial charge in [-0.05, 0) is 31.0 Å². The predicted octanol–water partition coefficient (Wildman–Crippen LogP) is 2.93. The van der Waals surface area contributed by atoms with Crippen molar-refractivity contribution >= 4 is 17.6 Å². The number of para-hydroxylation sites is 2. The second kappa shape index (κ2) is 7.00. The van der Waals surface area contributed by atoms with Gasteiger partial charge in [0.1, 0.15) is 11.4 Å². The Morgan fingerprint density at radius 3 is 2.52 bits per heavy atom. The van der Waals surface area contributed by atoms with Crippen LogP contribution in [0.2, 0.25) is 0 Å². The van der Waals surface area contributed by atoms with E-state index in [1.807, 2.05) is 13.0 Å². The van der Waals surface area contributed by atoms with Gasteiger partial charge in [0.2, 0.25) is 0 Å². The average molecular weight is 316 g/mol. The van der Waals surface area contributed by atoms with E-state index in [4.69, 9.17) is 9.47 Å². The minimum absolute atomic E-state index is 0.336. The van der Waals surface area contributed by atoms with Crippen LogP contribution in [0, 0.1) is 6.92 Å². The van der Waals surface area contributed by atoms with Crippen molar-refractivity contribution < 1.29 is 19.1 Å². The van der Waals surface area contributed by atoms with Gasteiger partial charge in [-0.1, -0.05) is 19.1 Å². The summed E-state index contributed by atoms with van der Waals surface area (Å²) in [4.78, 5) is 27.5. The SMILES string of the molecule is CCc1[nH]c(C(=O)Nc2ccccc2OC)c(C)c1C(=O)OC. The number of benzene rings is 1. The molecule has 0 aliphatic carbocycles. The van der Waals surface area contributed by atoms with Gasteiger partial charge in [-0.3, -0.25) is 4.79 Å². The molecular weight excluding hydrogens is 296 g/mol. The van der Waals surface area contributed by atoms with Gasteiger partial charge in [0, 0.05) is 5.69 Å². The summed E-state index contributed by atoms with van der Waals surface area (Å²) < 4.78 is 10.0. The van der Waals surface area contributed by atoms with E-state index in [0.29, 0.717) is 40.4 Å². The third-order valence-electron chi connectivity index (χ3n) is 3.65. The second-order valence-corrected chi connectivity index (χ2v) is 4.98. The molecule has 0 aliphatic rings. The summed E-state index contributed by atoms with van der Waals surface area (Å²) in [6.45, 7) is 3.62. The first-order valence-corrected chi connectivity index (χ1v) is 7.27. The Morgan fingerprint density at radius 1 is 1.22 bits per heavy atom. The highest BCUT2D eigenvalue weighted by molar-refractivity contribution is 6.07. The van der Waals surface area contributed by atoms with E-state index < -0.39 is 5.97 Å². The molecule has 0 radical (unpaired) electrons. The molecule has 2 N–H and O–H groups in total. The molecule has 122 valence electrons. The van der Waals surface area contributed by atoms with Crippen LogP contribution >= 0.6 is 0 Å². The number of nitrogens with one attached hydrogen (secondary N) is 2. The summed E-state index contributed by atoms with van der Waals surface area (Å²) in [5.74, 6) is -0.224. The number of amides is 1. The number of hydrogen-bond donors (Lipinski definition) is 2. The quantitative estimate of drug-likeness (QED) is 0.831. The smallest absolute Gasteiger partial charge is 0.339 e. The van der Waals surface area contributed by atoms with Crippen molar-refractivity contribution in [3.63, 3.8) is 0 Å². The first-order valence-electron chi connectivity index (χ1n) is 7.27. The molecule has 1 aromatic carbocycles. The van der Waals surface area contributed by atoms with Crippen molar-refractivity contribution in [3.8, 4) is 5.75 Å². The number of esters is 1. The Bertz CT molecular complexity index is 734. The maximum Gasteiger partial charge on any atom is 0.339 e. The average Bonchev–Trinajstić information content (AvgIpc) is 2.91. The molecule has 0 spiro atoms. The largest absolute Gasteiger partial charge is 0.495 e. The van der Waals surface area contributed by atoms with Gasteiger partial charge >= 0.3 is 5.97 Å². The molecule has 2 aromatic rings. The van der Waals surface area contributed by atoms with Crippen LogP contribution in [0.25, 0.3) is 0 Å². The van der Waals surface area contributed by atoms with E-state index in [0.717, 1.165) is 0 Å². The second-order valence-electron chi connectivity index (χ2n) is 4.98. The molecule has 6 nitrogen and oxygen atoms in total. The first kappa shape index (κ1) is 16.6. The van der Waals surface area contributed by atoms with Gasteiger partial charge in [-0.2, -0.15) is 0 Å². The summed E-state index contributed by atoms with van der Waals surface area (Å²) in [7, 11) is 2.86. The monoisotopic (exact) mass is 316 g/mol. The minimum atomic E-state index is -0.452. The maximum atomic E-state index is 12.5. The molecular formula is C17H20N2O4. The van der Waals surface area contributed by atoms with Gasteiger partial charge in [0.15, 0.2) is 0 Å². The van der Waals surface area contributed by atoms with E-state index in [-0.39, 0.29) is 5.91 Å². The number of anilines is 1. The van der Waals surface area contributed by atoms with Crippen LogP contribution in [0.3, 0.4) is 0 Å². The van der Waals surface area contributed by atoms with E-state index >= 15 is 0 Å². The summed E-state index contributed by atoms with van der Waals surface area (Å²) in [5.41, 5.74) is 2.57. The topological polar surface area (TPSA) is 80.4 Å². The standard InChI is InChI=1S/C17H20N2O4/c1-5-11-14(17(21)23-4)10(2)15(18-11)16(20)19-12-8-6-7-9-13(12)22-3/h6-9,18H,5H2,1-4H3,(H,19,20). The number of aromatic nitrogens is 1. The summed E-state index contributed by atoms with van der Waals surface area (Å²) in [6.07, 6.45) is 0.590. The number of carbonyl (C=O) groups is 2. The Morgan fingerprint density at radius 2 is 1.91 bits per heavy atom. The maximum absolute atomic E-state index is 12.5. The summed E-state index contributed by atoms with van der Waals surface area (Å²) >= 11 is 0. The van der Waals surface area contributed by atoms with E-state index in [9.17, 15) is 9.59 Å². The molecule has 0 unspecified atom stereocenters. The molecule has 0 atom stereocenters. The number of aryl methyl sites for hydroxylation is 1. The van der Waals surface area contributed by atoms with Crippen molar-refractivity contribution in [2.75, 3.05) is 19.5 Å². The van der Waals surface area contributed by atoms with E-state index in [1.165, 1.54) is 14.2 Å². The van der Waals surface area contributed by atoms with Gasteiger partial charge < -0.3 is 19.8 Å². The highest BCUT2D eigenvalue weighted by Crippen LogP contribution is 2.25. The fourth-order valence-electron chi connectivity index (χ4n) is 2.46. The van der Waals surface area contributed by atoms with Crippen LogP contribution < -0.4 is 10.1 Å². The lowest BCUT2D eigenvalue weighted by atomic mass is 10.1. The van der Waals surface area contributed by atoms with Crippen LogP contribution in [0.5, 0.6) is 5.75 Å². The first-order chi connectivity index (χ1) is 11.0. The molecule has 1 amide bonds. The molecule has 23 heavy (non-hydrogen) atoms. The predicted molar refractivity (Wildman–Crippen MR) is 87.2 cm³/mol. The third kappa shape index (κ3) is 3.21. The molecule has 1 aromatic heterocycles. The van der Waals surface area contributed by atoms with Crippen molar-refractivity contribution in [1.29, 1.82) is 0 Å². The van der Waals surface area contributed by atoms with E-state index in [1.54, 1.807) is 25.1 Å². The molecule has 0 saturated heterocycles.